The molecular weight excluding hydrogens is 226 g/mol. The summed E-state index contributed by atoms with van der Waals surface area (Å²) in [6.07, 6.45) is 5.15. The molecule has 0 aromatic heterocycles. The van der Waals surface area contributed by atoms with Crippen molar-refractivity contribution in [1.82, 2.24) is 5.32 Å². The fourth-order valence-corrected chi connectivity index (χ4v) is 2.78. The first-order valence-corrected chi connectivity index (χ1v) is 6.69. The Hall–Kier alpha value is -1.51. The van der Waals surface area contributed by atoms with Crippen LogP contribution >= 0.6 is 0 Å². The van der Waals surface area contributed by atoms with Gasteiger partial charge in [0.25, 0.3) is 5.91 Å². The number of nitrogens with one attached hydrogen (secondary N) is 1. The Labute approximate surface area is 107 Å². The van der Waals surface area contributed by atoms with Gasteiger partial charge in [0.1, 0.15) is 5.75 Å². The van der Waals surface area contributed by atoms with E-state index in [0.717, 1.165) is 18.0 Å². The van der Waals surface area contributed by atoms with E-state index < -0.39 is 0 Å². The monoisotopic (exact) mass is 245 g/mol. The summed E-state index contributed by atoms with van der Waals surface area (Å²) in [6, 6.07) is 5.28. The Kier molecular flexibility index (Phi) is 2.58. The van der Waals surface area contributed by atoms with Gasteiger partial charge in [-0.1, -0.05) is 12.1 Å². The molecule has 3 rings (SSSR count). The molecule has 18 heavy (non-hydrogen) atoms. The first kappa shape index (κ1) is 11.6. The van der Waals surface area contributed by atoms with E-state index in [-0.39, 0.29) is 11.7 Å². The molecule has 3 heteroatoms. The van der Waals surface area contributed by atoms with E-state index in [4.69, 9.17) is 0 Å². The fourth-order valence-electron chi connectivity index (χ4n) is 2.78. The molecule has 0 bridgehead atoms. The maximum atomic E-state index is 12.1. The summed E-state index contributed by atoms with van der Waals surface area (Å²) in [5, 5.41) is 12.9. The molecule has 3 nitrogen and oxygen atoms in total. The molecule has 0 unspecified atom stereocenters. The molecule has 2 saturated carbocycles. The van der Waals surface area contributed by atoms with Crippen molar-refractivity contribution in [3.05, 3.63) is 29.3 Å². The lowest BCUT2D eigenvalue weighted by atomic mass is 10.0. The molecule has 2 aliphatic carbocycles. The van der Waals surface area contributed by atoms with E-state index in [1.165, 1.54) is 25.7 Å². The average Bonchev–Trinajstić information content (AvgIpc) is 3.22. The summed E-state index contributed by atoms with van der Waals surface area (Å²) < 4.78 is 0. The highest BCUT2D eigenvalue weighted by molar-refractivity contribution is 5.97. The number of carbonyl (C=O) groups excluding carboxylic acids is 1. The fraction of sp³-hybridized carbons (Fsp3) is 0.533. The van der Waals surface area contributed by atoms with Crippen molar-refractivity contribution in [2.75, 3.05) is 6.54 Å². The summed E-state index contributed by atoms with van der Waals surface area (Å²) in [5.74, 6) is 0.790. The van der Waals surface area contributed by atoms with E-state index in [2.05, 4.69) is 5.32 Å². The van der Waals surface area contributed by atoms with Crippen LogP contribution in [0.1, 0.15) is 41.6 Å². The number of para-hydroxylation sites is 1. The van der Waals surface area contributed by atoms with Gasteiger partial charge in [-0.2, -0.15) is 0 Å². The molecule has 0 heterocycles. The van der Waals surface area contributed by atoms with Crippen LogP contribution in [0.25, 0.3) is 0 Å². The van der Waals surface area contributed by atoms with Crippen LogP contribution in [-0.4, -0.2) is 17.6 Å². The summed E-state index contributed by atoms with van der Waals surface area (Å²) in [5.41, 5.74) is 1.53. The zero-order chi connectivity index (χ0) is 12.8. The van der Waals surface area contributed by atoms with Crippen LogP contribution in [0.3, 0.4) is 0 Å². The maximum Gasteiger partial charge on any atom is 0.255 e. The van der Waals surface area contributed by atoms with E-state index >= 15 is 0 Å². The zero-order valence-corrected chi connectivity index (χ0v) is 10.7. The number of phenols is 1. The average molecular weight is 245 g/mol. The zero-order valence-electron chi connectivity index (χ0n) is 10.7. The second-order valence-corrected chi connectivity index (χ2v) is 5.79. The molecule has 1 aromatic rings. The van der Waals surface area contributed by atoms with Gasteiger partial charge in [0, 0.05) is 6.54 Å². The van der Waals surface area contributed by atoms with Gasteiger partial charge in [-0.15, -0.1) is 0 Å². The Morgan fingerprint density at radius 3 is 2.78 bits per heavy atom. The molecule has 0 aliphatic heterocycles. The van der Waals surface area contributed by atoms with Gasteiger partial charge in [-0.05, 0) is 55.6 Å². The minimum absolute atomic E-state index is 0.103. The molecule has 2 fully saturated rings. The summed E-state index contributed by atoms with van der Waals surface area (Å²) in [6.45, 7) is 2.57. The molecule has 1 amide bonds. The number of benzene rings is 1. The van der Waals surface area contributed by atoms with Crippen LogP contribution in [0.5, 0.6) is 5.75 Å². The minimum atomic E-state index is -0.150. The van der Waals surface area contributed by atoms with Crippen LogP contribution < -0.4 is 5.32 Å². The van der Waals surface area contributed by atoms with Gasteiger partial charge in [-0.3, -0.25) is 4.79 Å². The van der Waals surface area contributed by atoms with Crippen LogP contribution in [0.4, 0.5) is 0 Å². The highest BCUT2D eigenvalue weighted by atomic mass is 16.3. The Morgan fingerprint density at radius 1 is 1.44 bits per heavy atom. The van der Waals surface area contributed by atoms with Gasteiger partial charge in [0.2, 0.25) is 0 Å². The summed E-state index contributed by atoms with van der Waals surface area (Å²) in [4.78, 5) is 12.1. The van der Waals surface area contributed by atoms with Crippen LogP contribution in [0.15, 0.2) is 18.2 Å². The third kappa shape index (κ3) is 1.98. The molecule has 2 aliphatic rings. The second kappa shape index (κ2) is 4.01. The quantitative estimate of drug-likeness (QED) is 0.856. The van der Waals surface area contributed by atoms with E-state index in [1.54, 1.807) is 25.1 Å². The van der Waals surface area contributed by atoms with Crippen LogP contribution in [0.2, 0.25) is 0 Å². The van der Waals surface area contributed by atoms with E-state index in [9.17, 15) is 9.90 Å². The van der Waals surface area contributed by atoms with Crippen LogP contribution in [0, 0.1) is 18.3 Å². The van der Waals surface area contributed by atoms with Gasteiger partial charge in [0.15, 0.2) is 0 Å². The third-order valence-electron chi connectivity index (χ3n) is 4.42. The normalized spacial score (nSPS) is 20.5. The molecule has 0 atom stereocenters. The van der Waals surface area contributed by atoms with Gasteiger partial charge < -0.3 is 10.4 Å². The van der Waals surface area contributed by atoms with E-state index in [0.29, 0.717) is 11.0 Å². The Bertz CT molecular complexity index is 487. The van der Waals surface area contributed by atoms with Crippen molar-refractivity contribution in [3.8, 4) is 5.75 Å². The molecule has 1 aromatic carbocycles. The minimum Gasteiger partial charge on any atom is -0.507 e. The number of carbonyl (C=O) groups is 1. The summed E-state index contributed by atoms with van der Waals surface area (Å²) in [7, 11) is 0. The lowest BCUT2D eigenvalue weighted by Crippen LogP contribution is -2.31. The molecule has 0 spiro atoms. The number of amides is 1. The van der Waals surface area contributed by atoms with Crippen molar-refractivity contribution < 1.29 is 9.90 Å². The third-order valence-corrected chi connectivity index (χ3v) is 4.42. The van der Waals surface area contributed by atoms with Gasteiger partial charge >= 0.3 is 0 Å². The number of hydrogen-bond donors (Lipinski definition) is 2. The smallest absolute Gasteiger partial charge is 0.255 e. The molecule has 0 radical (unpaired) electrons. The number of phenolic OH excluding ortho intramolecular Hbond substituents is 1. The molecule has 0 saturated heterocycles. The Balaban J connectivity index is 1.66. The predicted molar refractivity (Wildman–Crippen MR) is 69.6 cm³/mol. The largest absolute Gasteiger partial charge is 0.507 e. The van der Waals surface area contributed by atoms with Crippen molar-refractivity contribution in [1.29, 1.82) is 0 Å². The first-order chi connectivity index (χ1) is 8.62. The molecule has 96 valence electrons. The number of aromatic hydroxyl groups is 1. The maximum absolute atomic E-state index is 12.1. The molecular formula is C15H19NO2. The number of rotatable bonds is 4. The lowest BCUT2D eigenvalue weighted by molar-refractivity contribution is 0.0940. The lowest BCUT2D eigenvalue weighted by Gasteiger charge is -2.15. The Morgan fingerprint density at radius 2 is 2.17 bits per heavy atom. The van der Waals surface area contributed by atoms with Gasteiger partial charge in [0.05, 0.1) is 5.56 Å². The van der Waals surface area contributed by atoms with Crippen molar-refractivity contribution >= 4 is 5.91 Å². The van der Waals surface area contributed by atoms with E-state index in [1.807, 2.05) is 0 Å². The SMILES string of the molecule is Cc1cccc(C(=O)NCC2(C3CC3)CC2)c1O. The topological polar surface area (TPSA) is 49.3 Å². The van der Waals surface area contributed by atoms with Crippen molar-refractivity contribution in [2.24, 2.45) is 11.3 Å². The predicted octanol–water partition coefficient (Wildman–Crippen LogP) is 2.62. The molecule has 2 N–H and O–H groups in total. The highest BCUT2D eigenvalue weighted by Crippen LogP contribution is 2.60. The first-order valence-electron chi connectivity index (χ1n) is 6.69. The standard InChI is InChI=1S/C15H19NO2/c1-10-3-2-4-12(13(10)17)14(18)16-9-15(7-8-15)11-5-6-11/h2-4,11,17H,5-9H2,1H3,(H,16,18). The van der Waals surface area contributed by atoms with Gasteiger partial charge in [-0.25, -0.2) is 0 Å². The second-order valence-electron chi connectivity index (χ2n) is 5.79. The van der Waals surface area contributed by atoms with Crippen LogP contribution in [-0.2, 0) is 0 Å². The van der Waals surface area contributed by atoms with Crippen molar-refractivity contribution in [2.45, 2.75) is 32.6 Å². The number of aryl methyl sites for hydroxylation is 1. The number of hydrogen-bond acceptors (Lipinski definition) is 2. The highest BCUT2D eigenvalue weighted by Gasteiger charge is 2.53. The van der Waals surface area contributed by atoms with Crippen molar-refractivity contribution in [3.63, 3.8) is 0 Å². The summed E-state index contributed by atoms with van der Waals surface area (Å²) >= 11 is 0.